The molecule has 1 aliphatic heterocycles. The number of para-hydroxylation sites is 2. The van der Waals surface area contributed by atoms with Gasteiger partial charge in [-0.2, -0.15) is 0 Å². The highest BCUT2D eigenvalue weighted by Gasteiger charge is 2.16. The van der Waals surface area contributed by atoms with Crippen LogP contribution in [0.3, 0.4) is 0 Å². The highest BCUT2D eigenvalue weighted by atomic mass is 16.7. The fraction of sp³-hybridized carbons (Fsp3) is 0.115. The molecule has 6 heteroatoms. The minimum atomic E-state index is -0.235. The highest BCUT2D eigenvalue weighted by molar-refractivity contribution is 6.03. The molecule has 0 aliphatic carbocycles. The number of hydrogen-bond acceptors (Lipinski definition) is 5. The molecule has 1 amide bonds. The van der Waals surface area contributed by atoms with E-state index in [0.29, 0.717) is 17.3 Å². The van der Waals surface area contributed by atoms with Crippen LogP contribution < -0.4 is 16.4 Å². The number of hydrogen-bond donors (Lipinski definition) is 3. The smallest absolute Gasteiger partial charge is 0.248 e. The van der Waals surface area contributed by atoms with Gasteiger partial charge in [-0.05, 0) is 41.3 Å². The number of benzene rings is 3. The van der Waals surface area contributed by atoms with E-state index in [0.717, 1.165) is 17.5 Å². The Hall–Kier alpha value is -4.19. The lowest BCUT2D eigenvalue weighted by Gasteiger charge is -2.20. The largest absolute Gasteiger partial charge is 0.459 e. The lowest BCUT2D eigenvalue weighted by Crippen LogP contribution is -2.23. The first-order valence-electron chi connectivity index (χ1n) is 10.4. The lowest BCUT2D eigenvalue weighted by molar-refractivity contribution is -0.111. The van der Waals surface area contributed by atoms with E-state index in [2.05, 4.69) is 22.8 Å². The van der Waals surface area contributed by atoms with Crippen molar-refractivity contribution in [2.24, 2.45) is 0 Å². The van der Waals surface area contributed by atoms with E-state index in [9.17, 15) is 4.79 Å². The van der Waals surface area contributed by atoms with Crippen molar-refractivity contribution < 1.29 is 14.3 Å². The predicted molar refractivity (Wildman–Crippen MR) is 126 cm³/mol. The Morgan fingerprint density at radius 3 is 2.47 bits per heavy atom. The second kappa shape index (κ2) is 10.2. The van der Waals surface area contributed by atoms with Crippen LogP contribution in [0.1, 0.15) is 22.7 Å². The monoisotopic (exact) mass is 427 g/mol. The maximum absolute atomic E-state index is 12.2. The maximum atomic E-state index is 12.2. The molecule has 0 aromatic heterocycles. The number of carbonyl (C=O) groups excluding carboxylic acids is 1. The summed E-state index contributed by atoms with van der Waals surface area (Å²) in [5.74, 6) is 0.382. The van der Waals surface area contributed by atoms with Crippen molar-refractivity contribution >= 4 is 23.4 Å². The molecule has 3 aromatic carbocycles. The summed E-state index contributed by atoms with van der Waals surface area (Å²) in [6.07, 6.45) is 5.65. The molecule has 3 aromatic rings. The Morgan fingerprint density at radius 2 is 1.75 bits per heavy atom. The molecule has 0 saturated heterocycles. The molecule has 32 heavy (non-hydrogen) atoms. The SMILES string of the molecule is Nc1ccccc1NC(=O)C=Cc1ccc(C(Cc2ccccc2)NC2=COCO2)cc1. The topological polar surface area (TPSA) is 85.6 Å². The fourth-order valence-corrected chi connectivity index (χ4v) is 3.39. The van der Waals surface area contributed by atoms with Gasteiger partial charge in [0.25, 0.3) is 0 Å². The zero-order valence-corrected chi connectivity index (χ0v) is 17.5. The van der Waals surface area contributed by atoms with Gasteiger partial charge in [0.05, 0.1) is 17.4 Å². The summed E-state index contributed by atoms with van der Waals surface area (Å²) in [5.41, 5.74) is 10.2. The average molecular weight is 428 g/mol. The third-order valence-corrected chi connectivity index (χ3v) is 5.06. The molecule has 1 atom stereocenters. The Labute approximate surface area is 187 Å². The van der Waals surface area contributed by atoms with Gasteiger partial charge in [0.15, 0.2) is 0 Å². The Kier molecular flexibility index (Phi) is 6.72. The van der Waals surface area contributed by atoms with E-state index in [1.165, 1.54) is 11.6 Å². The van der Waals surface area contributed by atoms with E-state index >= 15 is 0 Å². The molecule has 6 nitrogen and oxygen atoms in total. The molecule has 0 spiro atoms. The number of nitrogens with one attached hydrogen (secondary N) is 2. The normalized spacial score (nSPS) is 13.7. The van der Waals surface area contributed by atoms with Crippen molar-refractivity contribution in [3.63, 3.8) is 0 Å². The van der Waals surface area contributed by atoms with Crippen molar-refractivity contribution in [1.29, 1.82) is 0 Å². The number of nitrogens with two attached hydrogens (primary N) is 1. The second-order valence-corrected chi connectivity index (χ2v) is 7.37. The van der Waals surface area contributed by atoms with Crippen LogP contribution in [-0.2, 0) is 20.7 Å². The third kappa shape index (κ3) is 5.70. The molecule has 1 heterocycles. The molecule has 1 aliphatic rings. The third-order valence-electron chi connectivity index (χ3n) is 5.06. The number of carbonyl (C=O) groups is 1. The van der Waals surface area contributed by atoms with E-state index < -0.39 is 0 Å². The fourth-order valence-electron chi connectivity index (χ4n) is 3.39. The van der Waals surface area contributed by atoms with Gasteiger partial charge in [0, 0.05) is 6.08 Å². The summed E-state index contributed by atoms with van der Waals surface area (Å²) >= 11 is 0. The molecule has 0 fully saturated rings. The first-order chi connectivity index (χ1) is 15.7. The summed E-state index contributed by atoms with van der Waals surface area (Å²) in [6, 6.07) is 25.5. The molecular formula is C26H25N3O3. The molecule has 0 saturated carbocycles. The van der Waals surface area contributed by atoms with Crippen LogP contribution in [0.25, 0.3) is 6.08 Å². The Morgan fingerprint density at radius 1 is 1.00 bits per heavy atom. The summed E-state index contributed by atoms with van der Waals surface area (Å²) in [6.45, 7) is 0.223. The molecule has 0 radical (unpaired) electrons. The van der Waals surface area contributed by atoms with Crippen molar-refractivity contribution in [2.45, 2.75) is 12.5 Å². The quantitative estimate of drug-likeness (QED) is 0.361. The van der Waals surface area contributed by atoms with Gasteiger partial charge in [-0.1, -0.05) is 66.7 Å². The van der Waals surface area contributed by atoms with Gasteiger partial charge in [-0.15, -0.1) is 0 Å². The number of ether oxygens (including phenoxy) is 2. The van der Waals surface area contributed by atoms with Crippen LogP contribution in [0.2, 0.25) is 0 Å². The van der Waals surface area contributed by atoms with Crippen LogP contribution in [0.15, 0.2) is 97.1 Å². The average Bonchev–Trinajstić information content (AvgIpc) is 3.33. The van der Waals surface area contributed by atoms with Gasteiger partial charge in [-0.25, -0.2) is 0 Å². The number of rotatable bonds is 8. The zero-order chi connectivity index (χ0) is 22.2. The molecule has 162 valence electrons. The van der Waals surface area contributed by atoms with Gasteiger partial charge >= 0.3 is 0 Å². The first-order valence-corrected chi connectivity index (χ1v) is 10.4. The molecular weight excluding hydrogens is 402 g/mol. The number of amides is 1. The highest BCUT2D eigenvalue weighted by Crippen LogP contribution is 2.22. The summed E-state index contributed by atoms with van der Waals surface area (Å²) < 4.78 is 10.6. The Bertz CT molecular complexity index is 1110. The number of anilines is 2. The van der Waals surface area contributed by atoms with E-state index in [4.69, 9.17) is 15.2 Å². The van der Waals surface area contributed by atoms with Crippen LogP contribution in [0, 0.1) is 0 Å². The standard InChI is InChI=1S/C26H25N3O3/c27-22-8-4-5-9-23(22)28-25(30)15-12-19-10-13-21(14-11-19)24(29-26-17-31-18-32-26)16-20-6-2-1-3-7-20/h1-15,17,24,29H,16,18,27H2,(H,28,30). The lowest BCUT2D eigenvalue weighted by atomic mass is 9.98. The van der Waals surface area contributed by atoms with Crippen molar-refractivity contribution in [1.82, 2.24) is 5.32 Å². The summed E-state index contributed by atoms with van der Waals surface area (Å²) in [4.78, 5) is 12.2. The van der Waals surface area contributed by atoms with Crippen LogP contribution in [0.5, 0.6) is 0 Å². The minimum absolute atomic E-state index is 0.00716. The van der Waals surface area contributed by atoms with Crippen LogP contribution in [0.4, 0.5) is 11.4 Å². The second-order valence-electron chi connectivity index (χ2n) is 7.37. The van der Waals surface area contributed by atoms with Crippen LogP contribution >= 0.6 is 0 Å². The predicted octanol–water partition coefficient (Wildman–Crippen LogP) is 4.60. The summed E-state index contributed by atoms with van der Waals surface area (Å²) in [7, 11) is 0. The van der Waals surface area contributed by atoms with Crippen LogP contribution in [-0.4, -0.2) is 12.7 Å². The van der Waals surface area contributed by atoms with Gasteiger partial charge in [0.2, 0.25) is 18.6 Å². The molecule has 4 rings (SSSR count). The Balaban J connectivity index is 1.44. The van der Waals surface area contributed by atoms with Gasteiger partial charge in [0.1, 0.15) is 6.26 Å². The van der Waals surface area contributed by atoms with Gasteiger partial charge < -0.3 is 25.8 Å². The van der Waals surface area contributed by atoms with Gasteiger partial charge in [-0.3, -0.25) is 4.79 Å². The minimum Gasteiger partial charge on any atom is -0.459 e. The first kappa shape index (κ1) is 21.1. The van der Waals surface area contributed by atoms with E-state index in [-0.39, 0.29) is 18.7 Å². The van der Waals surface area contributed by atoms with Crippen molar-refractivity contribution in [3.8, 4) is 0 Å². The zero-order valence-electron chi connectivity index (χ0n) is 17.5. The van der Waals surface area contributed by atoms with E-state index in [1.54, 1.807) is 24.5 Å². The summed E-state index contributed by atoms with van der Waals surface area (Å²) in [5, 5.41) is 6.19. The maximum Gasteiger partial charge on any atom is 0.248 e. The van der Waals surface area contributed by atoms with Crippen molar-refractivity contribution in [2.75, 3.05) is 17.8 Å². The number of nitrogen functional groups attached to an aromatic ring is 1. The van der Waals surface area contributed by atoms with E-state index in [1.807, 2.05) is 54.6 Å². The molecule has 1 unspecified atom stereocenters. The molecule has 4 N–H and O–H groups in total. The molecule has 0 bridgehead atoms. The van der Waals surface area contributed by atoms with Crippen molar-refractivity contribution in [3.05, 3.63) is 114 Å².